The predicted molar refractivity (Wildman–Crippen MR) is 112 cm³/mol. The third-order valence-electron chi connectivity index (χ3n) is 4.70. The zero-order valence-electron chi connectivity index (χ0n) is 16.0. The van der Waals surface area contributed by atoms with Crippen molar-refractivity contribution in [2.24, 2.45) is 0 Å². The van der Waals surface area contributed by atoms with E-state index in [1.165, 1.54) is 19.8 Å². The summed E-state index contributed by atoms with van der Waals surface area (Å²) in [5.41, 5.74) is 2.13. The highest BCUT2D eigenvalue weighted by Crippen LogP contribution is 2.27. The molecule has 148 valence electrons. The van der Waals surface area contributed by atoms with Gasteiger partial charge >= 0.3 is 0 Å². The molecule has 0 bridgehead atoms. The van der Waals surface area contributed by atoms with Gasteiger partial charge in [0.1, 0.15) is 5.75 Å². The summed E-state index contributed by atoms with van der Waals surface area (Å²) in [6.45, 7) is 1.43. The Hall–Kier alpha value is -2.53. The van der Waals surface area contributed by atoms with Gasteiger partial charge in [0, 0.05) is 19.0 Å². The van der Waals surface area contributed by atoms with E-state index in [2.05, 4.69) is 10.6 Å². The number of carbonyl (C=O) groups is 2. The maximum Gasteiger partial charge on any atom is 0.224 e. The highest BCUT2D eigenvalue weighted by Gasteiger charge is 2.16. The number of aryl methyl sites for hydroxylation is 1. The number of hydrogen-bond donors (Lipinski definition) is 2. The first-order valence-corrected chi connectivity index (χ1v) is 10.00. The van der Waals surface area contributed by atoms with E-state index in [1.54, 1.807) is 18.2 Å². The Labute approximate surface area is 170 Å². The second-order valence-electron chi connectivity index (χ2n) is 7.10. The van der Waals surface area contributed by atoms with Crippen molar-refractivity contribution in [3.05, 3.63) is 53.1 Å². The van der Waals surface area contributed by atoms with Gasteiger partial charge in [0.05, 0.1) is 16.8 Å². The first kappa shape index (κ1) is 20.2. The van der Waals surface area contributed by atoms with Crippen molar-refractivity contribution in [3.63, 3.8) is 0 Å². The lowest BCUT2D eigenvalue weighted by atomic mass is 10.1. The third kappa shape index (κ3) is 5.99. The Balaban J connectivity index is 1.55. The number of benzene rings is 2. The number of amides is 2. The molecule has 1 aliphatic carbocycles. The quantitative estimate of drug-likeness (QED) is 0.671. The van der Waals surface area contributed by atoms with Gasteiger partial charge in [-0.3, -0.25) is 9.59 Å². The van der Waals surface area contributed by atoms with E-state index in [-0.39, 0.29) is 11.8 Å². The van der Waals surface area contributed by atoms with Crippen LogP contribution in [0.3, 0.4) is 0 Å². The number of ether oxygens (including phenoxy) is 1. The summed E-state index contributed by atoms with van der Waals surface area (Å²) in [6.07, 6.45) is 5.95. The van der Waals surface area contributed by atoms with Crippen LogP contribution in [0.15, 0.2) is 42.5 Å². The van der Waals surface area contributed by atoms with Gasteiger partial charge in [0.2, 0.25) is 11.8 Å². The maximum absolute atomic E-state index is 12.3. The molecule has 0 heterocycles. The molecule has 0 aliphatic heterocycles. The summed E-state index contributed by atoms with van der Waals surface area (Å²) in [7, 11) is 0. The Morgan fingerprint density at radius 2 is 1.89 bits per heavy atom. The number of carbonyl (C=O) groups excluding carboxylic acids is 2. The molecule has 2 amide bonds. The van der Waals surface area contributed by atoms with E-state index in [9.17, 15) is 9.59 Å². The van der Waals surface area contributed by atoms with Gasteiger partial charge in [0.25, 0.3) is 0 Å². The second-order valence-corrected chi connectivity index (χ2v) is 7.50. The highest BCUT2D eigenvalue weighted by molar-refractivity contribution is 6.33. The molecule has 6 heteroatoms. The summed E-state index contributed by atoms with van der Waals surface area (Å²) in [5, 5.41) is 5.92. The molecule has 1 fully saturated rings. The van der Waals surface area contributed by atoms with Crippen molar-refractivity contribution in [1.82, 2.24) is 0 Å². The number of halogens is 1. The van der Waals surface area contributed by atoms with E-state index in [4.69, 9.17) is 16.3 Å². The van der Waals surface area contributed by atoms with Crippen molar-refractivity contribution in [2.45, 2.75) is 51.6 Å². The monoisotopic (exact) mass is 400 g/mol. The number of hydrogen-bond acceptors (Lipinski definition) is 3. The molecule has 0 radical (unpaired) electrons. The van der Waals surface area contributed by atoms with Crippen LogP contribution >= 0.6 is 11.6 Å². The molecular weight excluding hydrogens is 376 g/mol. The first-order chi connectivity index (χ1) is 13.5. The SMILES string of the molecule is CC(=O)Nc1ccc(Cl)c(NC(=O)CCc2cccc(OC3CCCC3)c2)c1. The van der Waals surface area contributed by atoms with Gasteiger partial charge < -0.3 is 15.4 Å². The molecule has 0 atom stereocenters. The fourth-order valence-electron chi connectivity index (χ4n) is 3.35. The van der Waals surface area contributed by atoms with Crippen molar-refractivity contribution in [2.75, 3.05) is 10.6 Å². The van der Waals surface area contributed by atoms with E-state index in [0.29, 0.717) is 35.3 Å². The van der Waals surface area contributed by atoms with Crippen LogP contribution < -0.4 is 15.4 Å². The zero-order chi connectivity index (χ0) is 19.9. The standard InChI is InChI=1S/C22H25ClN2O3/c1-15(26)24-17-10-11-20(23)21(14-17)25-22(27)12-9-16-5-4-8-19(13-16)28-18-6-2-3-7-18/h4-5,8,10-11,13-14,18H,2-3,6-7,9,12H2,1H3,(H,24,26)(H,25,27). The lowest BCUT2D eigenvalue weighted by Gasteiger charge is -2.14. The van der Waals surface area contributed by atoms with Gasteiger partial charge in [-0.15, -0.1) is 0 Å². The lowest BCUT2D eigenvalue weighted by Crippen LogP contribution is -2.14. The molecule has 1 saturated carbocycles. The smallest absolute Gasteiger partial charge is 0.224 e. The summed E-state index contributed by atoms with van der Waals surface area (Å²) in [4.78, 5) is 23.5. The Morgan fingerprint density at radius 1 is 1.11 bits per heavy atom. The normalized spacial score (nSPS) is 13.9. The van der Waals surface area contributed by atoms with Crippen LogP contribution in [0.2, 0.25) is 5.02 Å². The summed E-state index contributed by atoms with van der Waals surface area (Å²) >= 11 is 6.15. The fraction of sp³-hybridized carbons (Fsp3) is 0.364. The summed E-state index contributed by atoms with van der Waals surface area (Å²) < 4.78 is 6.03. The van der Waals surface area contributed by atoms with E-state index in [1.807, 2.05) is 24.3 Å². The summed E-state index contributed by atoms with van der Waals surface area (Å²) in [6, 6.07) is 12.9. The first-order valence-electron chi connectivity index (χ1n) is 9.62. The van der Waals surface area contributed by atoms with Crippen LogP contribution in [-0.4, -0.2) is 17.9 Å². The molecule has 28 heavy (non-hydrogen) atoms. The molecule has 0 unspecified atom stereocenters. The van der Waals surface area contributed by atoms with Gasteiger partial charge in [-0.1, -0.05) is 23.7 Å². The molecule has 5 nitrogen and oxygen atoms in total. The molecule has 3 rings (SSSR count). The van der Waals surface area contributed by atoms with E-state index in [0.717, 1.165) is 24.2 Å². The van der Waals surface area contributed by atoms with Crippen molar-refractivity contribution in [1.29, 1.82) is 0 Å². The van der Waals surface area contributed by atoms with Gasteiger partial charge in [-0.2, -0.15) is 0 Å². The van der Waals surface area contributed by atoms with Crippen LogP contribution in [0.1, 0.15) is 44.6 Å². The Bertz CT molecular complexity index is 847. The highest BCUT2D eigenvalue weighted by atomic mass is 35.5. The average molecular weight is 401 g/mol. The topological polar surface area (TPSA) is 67.4 Å². The fourth-order valence-corrected chi connectivity index (χ4v) is 3.51. The van der Waals surface area contributed by atoms with Gasteiger partial charge in [-0.25, -0.2) is 0 Å². The predicted octanol–water partition coefficient (Wildman–Crippen LogP) is 5.19. The van der Waals surface area contributed by atoms with Crippen LogP contribution in [-0.2, 0) is 16.0 Å². The second kappa shape index (κ2) is 9.60. The van der Waals surface area contributed by atoms with Crippen molar-refractivity contribution >= 4 is 34.8 Å². The summed E-state index contributed by atoms with van der Waals surface area (Å²) in [5.74, 6) is 0.555. The zero-order valence-corrected chi connectivity index (χ0v) is 16.7. The number of rotatable bonds is 7. The molecule has 2 aromatic carbocycles. The van der Waals surface area contributed by atoms with Crippen LogP contribution in [0.5, 0.6) is 5.75 Å². The van der Waals surface area contributed by atoms with Gasteiger partial charge in [0.15, 0.2) is 0 Å². The van der Waals surface area contributed by atoms with Crippen LogP contribution in [0.25, 0.3) is 0 Å². The molecule has 0 spiro atoms. The van der Waals surface area contributed by atoms with Crippen LogP contribution in [0.4, 0.5) is 11.4 Å². The Morgan fingerprint density at radius 3 is 2.64 bits per heavy atom. The number of nitrogens with one attached hydrogen (secondary N) is 2. The van der Waals surface area contributed by atoms with Crippen LogP contribution in [0, 0.1) is 0 Å². The molecule has 0 saturated heterocycles. The van der Waals surface area contributed by atoms with E-state index >= 15 is 0 Å². The lowest BCUT2D eigenvalue weighted by molar-refractivity contribution is -0.116. The largest absolute Gasteiger partial charge is 0.490 e. The average Bonchev–Trinajstić information content (AvgIpc) is 3.16. The molecular formula is C22H25ClN2O3. The maximum atomic E-state index is 12.3. The van der Waals surface area contributed by atoms with Gasteiger partial charge in [-0.05, 0) is 68.0 Å². The van der Waals surface area contributed by atoms with Crippen molar-refractivity contribution in [3.8, 4) is 5.75 Å². The molecule has 0 aromatic heterocycles. The third-order valence-corrected chi connectivity index (χ3v) is 5.03. The molecule has 2 aromatic rings. The minimum atomic E-state index is -0.181. The molecule has 1 aliphatic rings. The van der Waals surface area contributed by atoms with Crippen molar-refractivity contribution < 1.29 is 14.3 Å². The minimum Gasteiger partial charge on any atom is -0.490 e. The Kier molecular flexibility index (Phi) is 6.93. The number of anilines is 2. The molecule has 2 N–H and O–H groups in total. The minimum absolute atomic E-state index is 0.135. The van der Waals surface area contributed by atoms with E-state index < -0.39 is 0 Å².